The van der Waals surface area contributed by atoms with E-state index >= 15 is 0 Å². The van der Waals surface area contributed by atoms with E-state index in [4.69, 9.17) is 9.47 Å². The molecule has 1 rings (SSSR count). The third-order valence-corrected chi connectivity index (χ3v) is 4.00. The summed E-state index contributed by atoms with van der Waals surface area (Å²) in [6.45, 7) is 11.6. The van der Waals surface area contributed by atoms with Gasteiger partial charge in [0.25, 0.3) is 0 Å². The smallest absolute Gasteiger partial charge is 0.237 e. The number of methoxy groups -OCH3 is 1. The Morgan fingerprint density at radius 2 is 1.61 bits per heavy atom. The van der Waals surface area contributed by atoms with Crippen LogP contribution in [-0.2, 0) is 4.79 Å². The van der Waals surface area contributed by atoms with E-state index in [0.717, 1.165) is 24.6 Å². The first kappa shape index (κ1) is 19.3. The van der Waals surface area contributed by atoms with Gasteiger partial charge in [-0.15, -0.1) is 0 Å². The van der Waals surface area contributed by atoms with Gasteiger partial charge in [-0.3, -0.25) is 9.69 Å². The van der Waals surface area contributed by atoms with Crippen LogP contribution >= 0.6 is 0 Å². The zero-order valence-electron chi connectivity index (χ0n) is 15.0. The highest BCUT2D eigenvalue weighted by atomic mass is 16.5. The zero-order chi connectivity index (χ0) is 17.2. The molecule has 1 aromatic carbocycles. The van der Waals surface area contributed by atoms with Crippen molar-refractivity contribution in [1.29, 1.82) is 0 Å². The van der Waals surface area contributed by atoms with Crippen LogP contribution in [0.4, 0.5) is 0 Å². The number of ether oxygens (including phenoxy) is 2. The minimum absolute atomic E-state index is 0.0326. The molecule has 1 atom stereocenters. The van der Waals surface area contributed by atoms with Gasteiger partial charge in [0.05, 0.1) is 19.7 Å². The van der Waals surface area contributed by atoms with Gasteiger partial charge in [-0.25, -0.2) is 0 Å². The molecule has 0 unspecified atom stereocenters. The first-order valence-electron chi connectivity index (χ1n) is 8.34. The number of hydrogen-bond acceptors (Lipinski definition) is 4. The van der Waals surface area contributed by atoms with Crippen molar-refractivity contribution in [1.82, 2.24) is 9.80 Å². The molecular formula is C18H30N2O3. The quantitative estimate of drug-likeness (QED) is 0.664. The largest absolute Gasteiger partial charge is 0.497 e. The van der Waals surface area contributed by atoms with Crippen molar-refractivity contribution in [2.24, 2.45) is 0 Å². The molecule has 0 N–H and O–H groups in total. The van der Waals surface area contributed by atoms with E-state index in [1.54, 1.807) is 7.11 Å². The number of nitrogens with zero attached hydrogens (tertiary/aromatic N) is 2. The van der Waals surface area contributed by atoms with Crippen LogP contribution in [0.3, 0.4) is 0 Å². The van der Waals surface area contributed by atoms with Crippen molar-refractivity contribution in [3.63, 3.8) is 0 Å². The second-order valence-electron chi connectivity index (χ2n) is 5.48. The fourth-order valence-electron chi connectivity index (χ4n) is 2.44. The zero-order valence-corrected chi connectivity index (χ0v) is 15.0. The van der Waals surface area contributed by atoms with Gasteiger partial charge < -0.3 is 14.4 Å². The molecule has 23 heavy (non-hydrogen) atoms. The summed E-state index contributed by atoms with van der Waals surface area (Å²) in [5, 5.41) is 0. The maximum atomic E-state index is 12.5. The Morgan fingerprint density at radius 1 is 1.04 bits per heavy atom. The van der Waals surface area contributed by atoms with Gasteiger partial charge in [0.2, 0.25) is 5.91 Å². The van der Waals surface area contributed by atoms with Crippen molar-refractivity contribution in [2.75, 3.05) is 39.9 Å². The summed E-state index contributed by atoms with van der Waals surface area (Å²) in [6, 6.07) is 7.51. The Hall–Kier alpha value is -1.75. The number of likely N-dealkylation sites (N-methyl/N-ethyl adjacent to an activating group) is 2. The van der Waals surface area contributed by atoms with Crippen LogP contribution in [0.1, 0.15) is 27.7 Å². The molecule has 1 amide bonds. The Bertz CT molecular complexity index is 458. The van der Waals surface area contributed by atoms with Crippen molar-refractivity contribution < 1.29 is 14.3 Å². The average molecular weight is 322 g/mol. The fraction of sp³-hybridized carbons (Fsp3) is 0.611. The van der Waals surface area contributed by atoms with Gasteiger partial charge >= 0.3 is 0 Å². The van der Waals surface area contributed by atoms with Gasteiger partial charge in [0.1, 0.15) is 18.1 Å². The van der Waals surface area contributed by atoms with E-state index < -0.39 is 0 Å². The van der Waals surface area contributed by atoms with E-state index in [-0.39, 0.29) is 11.9 Å². The molecule has 0 saturated heterocycles. The second kappa shape index (κ2) is 10.1. The van der Waals surface area contributed by atoms with Gasteiger partial charge in [-0.1, -0.05) is 13.8 Å². The molecule has 0 aliphatic rings. The molecule has 5 heteroatoms. The van der Waals surface area contributed by atoms with Gasteiger partial charge in [-0.05, 0) is 51.2 Å². The molecule has 5 nitrogen and oxygen atoms in total. The molecule has 1 aromatic rings. The molecule has 0 spiro atoms. The fourth-order valence-corrected chi connectivity index (χ4v) is 2.44. The predicted molar refractivity (Wildman–Crippen MR) is 93.1 cm³/mol. The predicted octanol–water partition coefficient (Wildman–Crippen LogP) is 2.65. The highest BCUT2D eigenvalue weighted by Gasteiger charge is 2.20. The Labute approximate surface area is 140 Å². The number of amides is 1. The molecule has 0 heterocycles. The van der Waals surface area contributed by atoms with Crippen LogP contribution in [0, 0.1) is 0 Å². The van der Waals surface area contributed by atoms with E-state index in [2.05, 4.69) is 18.7 Å². The normalized spacial score (nSPS) is 12.1. The Balaban J connectivity index is 2.54. The molecule has 0 bridgehead atoms. The van der Waals surface area contributed by atoms with Crippen molar-refractivity contribution in [2.45, 2.75) is 33.7 Å². The van der Waals surface area contributed by atoms with Crippen LogP contribution in [0.15, 0.2) is 24.3 Å². The van der Waals surface area contributed by atoms with Gasteiger partial charge in [0.15, 0.2) is 0 Å². The molecule has 0 aliphatic heterocycles. The van der Waals surface area contributed by atoms with E-state index in [9.17, 15) is 4.79 Å². The molecule has 0 saturated carbocycles. The van der Waals surface area contributed by atoms with E-state index in [1.807, 2.05) is 43.0 Å². The first-order chi connectivity index (χ1) is 11.0. The van der Waals surface area contributed by atoms with Crippen LogP contribution < -0.4 is 9.47 Å². The SMILES string of the molecule is CCN(CC)CC(=O)N(CC)[C@@H](C)COc1ccc(OC)cc1. The van der Waals surface area contributed by atoms with Crippen LogP contribution in [0.2, 0.25) is 0 Å². The third-order valence-electron chi connectivity index (χ3n) is 4.00. The Kier molecular flexibility index (Phi) is 8.48. The van der Waals surface area contributed by atoms with Crippen LogP contribution in [-0.4, -0.2) is 61.6 Å². The third kappa shape index (κ3) is 6.10. The monoisotopic (exact) mass is 322 g/mol. The van der Waals surface area contributed by atoms with Crippen molar-refractivity contribution >= 4 is 5.91 Å². The average Bonchev–Trinajstić information content (AvgIpc) is 2.58. The topological polar surface area (TPSA) is 42.0 Å². The minimum atomic E-state index is 0.0326. The van der Waals surface area contributed by atoms with Crippen molar-refractivity contribution in [3.8, 4) is 11.5 Å². The maximum Gasteiger partial charge on any atom is 0.237 e. The summed E-state index contributed by atoms with van der Waals surface area (Å²) in [6.07, 6.45) is 0. The Morgan fingerprint density at radius 3 is 2.09 bits per heavy atom. The lowest BCUT2D eigenvalue weighted by Crippen LogP contribution is -2.46. The van der Waals surface area contributed by atoms with Crippen LogP contribution in [0.5, 0.6) is 11.5 Å². The van der Waals surface area contributed by atoms with Crippen LogP contribution in [0.25, 0.3) is 0 Å². The van der Waals surface area contributed by atoms with Gasteiger partial charge in [-0.2, -0.15) is 0 Å². The highest BCUT2D eigenvalue weighted by Crippen LogP contribution is 2.17. The molecule has 0 aliphatic carbocycles. The summed E-state index contributed by atoms with van der Waals surface area (Å²) >= 11 is 0. The summed E-state index contributed by atoms with van der Waals surface area (Å²) in [5.74, 6) is 1.74. The number of rotatable bonds is 10. The summed E-state index contributed by atoms with van der Waals surface area (Å²) in [7, 11) is 1.64. The van der Waals surface area contributed by atoms with Crippen molar-refractivity contribution in [3.05, 3.63) is 24.3 Å². The lowest BCUT2D eigenvalue weighted by atomic mass is 10.2. The summed E-state index contributed by atoms with van der Waals surface area (Å²) < 4.78 is 10.9. The number of benzene rings is 1. The van der Waals surface area contributed by atoms with Gasteiger partial charge in [0, 0.05) is 6.54 Å². The molecule has 0 aromatic heterocycles. The lowest BCUT2D eigenvalue weighted by molar-refractivity contribution is -0.134. The molecule has 0 fully saturated rings. The number of carbonyl (C=O) groups is 1. The minimum Gasteiger partial charge on any atom is -0.497 e. The second-order valence-corrected chi connectivity index (χ2v) is 5.48. The van der Waals surface area contributed by atoms with E-state index in [0.29, 0.717) is 19.7 Å². The molecule has 130 valence electrons. The summed E-state index contributed by atoms with van der Waals surface area (Å²) in [5.41, 5.74) is 0. The first-order valence-corrected chi connectivity index (χ1v) is 8.34. The number of carbonyl (C=O) groups excluding carboxylic acids is 1. The maximum absolute atomic E-state index is 12.5. The highest BCUT2D eigenvalue weighted by molar-refractivity contribution is 5.78. The van der Waals surface area contributed by atoms with E-state index in [1.165, 1.54) is 0 Å². The summed E-state index contributed by atoms with van der Waals surface area (Å²) in [4.78, 5) is 16.5. The molecule has 0 radical (unpaired) electrons. The molecular weight excluding hydrogens is 292 g/mol. The lowest BCUT2D eigenvalue weighted by Gasteiger charge is -2.30. The standard InChI is InChI=1S/C18H30N2O3/c1-6-19(7-2)13-18(21)20(8-3)15(4)14-23-17-11-9-16(22-5)10-12-17/h9-12,15H,6-8,13-14H2,1-5H3/t15-/m0/s1. The number of hydrogen-bond donors (Lipinski definition) is 0.